The quantitative estimate of drug-likeness (QED) is 0.293. The van der Waals surface area contributed by atoms with Crippen LogP contribution in [0.4, 0.5) is 5.69 Å². The van der Waals surface area contributed by atoms with Crippen molar-refractivity contribution in [3.05, 3.63) is 93.7 Å². The van der Waals surface area contributed by atoms with Crippen molar-refractivity contribution < 1.29 is 19.6 Å². The number of nitro groups is 1. The summed E-state index contributed by atoms with van der Waals surface area (Å²) in [6.07, 6.45) is 1.15. The van der Waals surface area contributed by atoms with E-state index >= 15 is 0 Å². The highest BCUT2D eigenvalue weighted by Crippen LogP contribution is 2.19. The van der Waals surface area contributed by atoms with Gasteiger partial charge in [-0.15, -0.1) is 0 Å². The average molecular weight is 396 g/mol. The molecule has 2 rings (SSSR count). The second kappa shape index (κ2) is 10.2. The predicted molar refractivity (Wildman–Crippen MR) is 111 cm³/mol. The first kappa shape index (κ1) is 21.8. The second-order valence-corrected chi connectivity index (χ2v) is 6.56. The highest BCUT2D eigenvalue weighted by Gasteiger charge is 2.15. The molecule has 29 heavy (non-hydrogen) atoms. The van der Waals surface area contributed by atoms with E-state index in [2.05, 4.69) is 11.9 Å². The molecular weight excluding hydrogens is 372 g/mol. The van der Waals surface area contributed by atoms with E-state index in [-0.39, 0.29) is 17.8 Å². The van der Waals surface area contributed by atoms with E-state index in [1.54, 1.807) is 43.3 Å². The van der Waals surface area contributed by atoms with Crippen molar-refractivity contribution in [3.63, 3.8) is 0 Å². The van der Waals surface area contributed by atoms with Gasteiger partial charge in [-0.1, -0.05) is 49.0 Å². The molecule has 1 unspecified atom stereocenters. The van der Waals surface area contributed by atoms with Crippen molar-refractivity contribution in [1.29, 1.82) is 0 Å². The van der Waals surface area contributed by atoms with Gasteiger partial charge in [-0.25, -0.2) is 0 Å². The van der Waals surface area contributed by atoms with Crippen LogP contribution in [-0.2, 0) is 22.5 Å². The lowest BCUT2D eigenvalue weighted by Gasteiger charge is -2.13. The number of hydrogen-bond acceptors (Lipinski definition) is 5. The summed E-state index contributed by atoms with van der Waals surface area (Å²) in [5.74, 6) is -0.420. The maximum atomic E-state index is 12.5. The summed E-state index contributed by atoms with van der Waals surface area (Å²) < 4.78 is 4.91. The Bertz CT molecular complexity index is 936. The van der Waals surface area contributed by atoms with Gasteiger partial charge in [0.25, 0.3) is 11.6 Å². The third kappa shape index (κ3) is 6.02. The number of benzene rings is 2. The Morgan fingerprint density at radius 1 is 1.31 bits per heavy atom. The van der Waals surface area contributed by atoms with E-state index in [4.69, 9.17) is 4.74 Å². The maximum Gasteiger partial charge on any atom is 0.274 e. The molecule has 152 valence electrons. The summed E-state index contributed by atoms with van der Waals surface area (Å²) in [7, 11) is 1.52. The molecule has 0 aliphatic heterocycles. The Hall–Kier alpha value is -3.45. The molecule has 2 N–H and O–H groups in total. The van der Waals surface area contributed by atoms with Crippen LogP contribution in [-0.4, -0.2) is 29.2 Å². The van der Waals surface area contributed by atoms with Crippen LogP contribution in [0.1, 0.15) is 23.6 Å². The van der Waals surface area contributed by atoms with Gasteiger partial charge in [0.2, 0.25) is 0 Å². The molecule has 0 aromatic heterocycles. The van der Waals surface area contributed by atoms with E-state index < -0.39 is 16.9 Å². The third-order valence-corrected chi connectivity index (χ3v) is 4.44. The zero-order valence-electron chi connectivity index (χ0n) is 16.4. The number of rotatable bonds is 9. The monoisotopic (exact) mass is 396 g/mol. The van der Waals surface area contributed by atoms with Gasteiger partial charge in [-0.3, -0.25) is 14.9 Å². The van der Waals surface area contributed by atoms with Gasteiger partial charge in [0.15, 0.2) is 0 Å². The highest BCUT2D eigenvalue weighted by molar-refractivity contribution is 6.18. The molecule has 0 bridgehead atoms. The van der Waals surface area contributed by atoms with E-state index in [0.717, 1.165) is 5.56 Å². The lowest BCUT2D eigenvalue weighted by atomic mass is 9.98. The van der Waals surface area contributed by atoms with Crippen molar-refractivity contribution in [1.82, 2.24) is 5.32 Å². The minimum atomic E-state index is -0.703. The van der Waals surface area contributed by atoms with Gasteiger partial charge in [0.1, 0.15) is 0 Å². The van der Waals surface area contributed by atoms with Crippen LogP contribution in [0.25, 0.3) is 5.57 Å². The summed E-state index contributed by atoms with van der Waals surface area (Å²) in [5.41, 5.74) is 2.75. The van der Waals surface area contributed by atoms with Crippen LogP contribution in [0, 0.1) is 10.1 Å². The van der Waals surface area contributed by atoms with Crippen molar-refractivity contribution in [2.24, 2.45) is 0 Å². The largest absolute Gasteiger partial charge is 0.504 e. The number of nitrogens with one attached hydrogen (secondary N) is 1. The van der Waals surface area contributed by atoms with Gasteiger partial charge >= 0.3 is 0 Å². The van der Waals surface area contributed by atoms with Crippen LogP contribution in [0.5, 0.6) is 0 Å². The van der Waals surface area contributed by atoms with Crippen molar-refractivity contribution in [2.75, 3.05) is 7.11 Å². The molecule has 1 amide bonds. The number of carbonyl (C=O) groups excluding carboxylic acids is 1. The summed E-state index contributed by atoms with van der Waals surface area (Å²) in [6, 6.07) is 13.4. The molecule has 2 aromatic rings. The zero-order chi connectivity index (χ0) is 21.4. The highest BCUT2D eigenvalue weighted by atomic mass is 16.6. The number of amides is 1. The van der Waals surface area contributed by atoms with Gasteiger partial charge in [0.05, 0.1) is 24.4 Å². The maximum absolute atomic E-state index is 12.5. The van der Waals surface area contributed by atoms with Gasteiger partial charge in [-0.2, -0.15) is 0 Å². The third-order valence-electron chi connectivity index (χ3n) is 4.44. The zero-order valence-corrected chi connectivity index (χ0v) is 16.4. The fourth-order valence-electron chi connectivity index (χ4n) is 2.79. The number of methoxy groups -OCH3 is 1. The molecule has 2 aromatic carbocycles. The molecule has 0 fully saturated rings. The van der Waals surface area contributed by atoms with E-state index in [0.29, 0.717) is 23.1 Å². The summed E-state index contributed by atoms with van der Waals surface area (Å²) in [4.78, 5) is 23.1. The normalized spacial score (nSPS) is 12.2. The summed E-state index contributed by atoms with van der Waals surface area (Å²) in [5, 5.41) is 24.0. The minimum Gasteiger partial charge on any atom is -0.504 e. The lowest BCUT2D eigenvalue weighted by Crippen LogP contribution is -2.24. The Morgan fingerprint density at radius 3 is 2.72 bits per heavy atom. The smallest absolute Gasteiger partial charge is 0.274 e. The van der Waals surface area contributed by atoms with Crippen molar-refractivity contribution >= 4 is 17.2 Å². The van der Waals surface area contributed by atoms with Gasteiger partial charge < -0.3 is 15.2 Å². The van der Waals surface area contributed by atoms with E-state index in [9.17, 15) is 20.0 Å². The topological polar surface area (TPSA) is 102 Å². The second-order valence-electron chi connectivity index (χ2n) is 6.56. The Labute approximate surface area is 169 Å². The van der Waals surface area contributed by atoms with Gasteiger partial charge in [0, 0.05) is 30.2 Å². The number of nitrogens with zero attached hydrogens (tertiary/aromatic N) is 1. The summed E-state index contributed by atoms with van der Waals surface area (Å²) >= 11 is 0. The number of hydrogen-bond donors (Lipinski definition) is 2. The molecular formula is C22H24N2O5. The van der Waals surface area contributed by atoms with Crippen LogP contribution in [0.2, 0.25) is 0 Å². The molecule has 7 nitrogen and oxygen atoms in total. The fraction of sp³-hybridized carbons (Fsp3) is 0.227. The minimum absolute atomic E-state index is 0.0222. The van der Waals surface area contributed by atoms with Crippen LogP contribution >= 0.6 is 0 Å². The number of para-hydroxylation sites is 1. The van der Waals surface area contributed by atoms with Gasteiger partial charge in [-0.05, 0) is 23.6 Å². The Kier molecular flexibility index (Phi) is 7.68. The van der Waals surface area contributed by atoms with Crippen LogP contribution in [0.3, 0.4) is 0 Å². The molecule has 0 spiro atoms. The SMILES string of the molecule is C=C(C(=O)NCc1ccccc1[N+](=O)[O-])c1cccc(CC(O)/C(C)=C/OC)c1. The van der Waals surface area contributed by atoms with Crippen molar-refractivity contribution in [2.45, 2.75) is 26.0 Å². The summed E-state index contributed by atoms with van der Waals surface area (Å²) in [6.45, 7) is 5.63. The average Bonchev–Trinajstić information content (AvgIpc) is 2.71. The van der Waals surface area contributed by atoms with Crippen molar-refractivity contribution in [3.8, 4) is 0 Å². The molecule has 1 atom stereocenters. The predicted octanol–water partition coefficient (Wildman–Crippen LogP) is 3.38. The van der Waals surface area contributed by atoms with E-state index in [1.807, 2.05) is 6.07 Å². The molecule has 7 heteroatoms. The first-order valence-electron chi connectivity index (χ1n) is 8.99. The molecule has 0 aliphatic carbocycles. The number of ether oxygens (including phenoxy) is 1. The van der Waals surface area contributed by atoms with Crippen LogP contribution in [0.15, 0.2) is 66.9 Å². The fourth-order valence-corrected chi connectivity index (χ4v) is 2.79. The number of carbonyl (C=O) groups is 1. The molecule has 0 aliphatic rings. The Morgan fingerprint density at radius 2 is 2.03 bits per heavy atom. The van der Waals surface area contributed by atoms with E-state index in [1.165, 1.54) is 19.4 Å². The molecule has 0 saturated heterocycles. The number of nitro benzene ring substituents is 1. The number of aliphatic hydroxyl groups is 1. The molecule has 0 saturated carbocycles. The molecule has 0 radical (unpaired) electrons. The Balaban J connectivity index is 2.06. The molecule has 0 heterocycles. The number of aliphatic hydroxyl groups excluding tert-OH is 1. The van der Waals surface area contributed by atoms with Crippen LogP contribution < -0.4 is 5.32 Å². The first-order chi connectivity index (χ1) is 13.8. The standard InChI is InChI=1S/C22H24N2O5/c1-15(14-29-3)21(25)12-17-7-6-9-18(11-17)16(2)22(26)23-13-19-8-4-5-10-20(19)24(27)28/h4-11,14,21,25H,2,12-13H2,1,3H3,(H,23,26)/b15-14+. The lowest BCUT2D eigenvalue weighted by molar-refractivity contribution is -0.385. The first-order valence-corrected chi connectivity index (χ1v) is 8.99.